The van der Waals surface area contributed by atoms with E-state index in [4.69, 9.17) is 9.47 Å². The SMILES string of the molecule is COc1cc(C(=O)NN2CCC(CCN3CCN(c4ccc(NC5CCC(=O)NC5=O)c(OC)c4F)CC3)CC2)ccc1Nc1ncc2c(n1)N(C1CCCC1)CC(F)(F)C(=O)N2C. The Kier molecular flexibility index (Phi) is 13.3. The summed E-state index contributed by atoms with van der Waals surface area (Å²) in [7, 11) is 4.19. The number of aromatic nitrogens is 2. The van der Waals surface area contributed by atoms with E-state index in [0.29, 0.717) is 66.9 Å². The Morgan fingerprint density at radius 3 is 2.36 bits per heavy atom. The lowest BCUT2D eigenvalue weighted by atomic mass is 9.94. The van der Waals surface area contributed by atoms with Crippen LogP contribution in [0.3, 0.4) is 0 Å². The van der Waals surface area contributed by atoms with Crippen LogP contribution < -0.4 is 45.5 Å². The summed E-state index contributed by atoms with van der Waals surface area (Å²) in [5, 5.41) is 10.4. The summed E-state index contributed by atoms with van der Waals surface area (Å²) in [5.41, 5.74) is 4.91. The number of nitrogens with one attached hydrogen (secondary N) is 4. The zero-order valence-corrected chi connectivity index (χ0v) is 36.4. The van der Waals surface area contributed by atoms with Crippen LogP contribution in [0.1, 0.15) is 68.1 Å². The number of ether oxygens (including phenoxy) is 2. The van der Waals surface area contributed by atoms with Gasteiger partial charge in [-0.25, -0.2) is 14.4 Å². The molecule has 5 heterocycles. The fourth-order valence-corrected chi connectivity index (χ4v) is 9.40. The lowest BCUT2D eigenvalue weighted by Crippen LogP contribution is -2.48. The number of methoxy groups -OCH3 is 2. The van der Waals surface area contributed by atoms with Crippen LogP contribution in [0.4, 0.5) is 47.7 Å². The van der Waals surface area contributed by atoms with E-state index in [2.05, 4.69) is 36.2 Å². The number of nitrogens with zero attached hydrogens (tertiary/aromatic N) is 7. The first-order valence-electron chi connectivity index (χ1n) is 22.1. The standard InChI is InChI=1S/C44H56F3N11O6/c1-54-34-25-48-43(52-39(34)58(29-6-4-5-7-29)26-44(46,47)42(54)62)50-30-9-8-28(24-35(30)63-2)40(60)53-57-18-15-27(16-19-57)14-17-55-20-22-56(23-21-55)33-12-10-31(38(64-3)37(33)45)49-32-11-13-36(59)51-41(32)61/h8-10,12,24-25,27,29,32,49H,4-7,11,13-23,26H2,1-3H3,(H,53,60)(H,48,50,52)(H,51,59,61). The molecule has 4 N–H and O–H groups in total. The maximum Gasteiger partial charge on any atom is 0.342 e. The highest BCUT2D eigenvalue weighted by Crippen LogP contribution is 2.41. The van der Waals surface area contributed by atoms with Gasteiger partial charge < -0.3 is 34.8 Å². The molecule has 17 nitrogen and oxygen atoms in total. The minimum absolute atomic E-state index is 0.0342. The van der Waals surface area contributed by atoms with Gasteiger partial charge >= 0.3 is 5.92 Å². The van der Waals surface area contributed by atoms with Crippen LogP contribution in [0.5, 0.6) is 11.5 Å². The summed E-state index contributed by atoms with van der Waals surface area (Å²) in [6.07, 6.45) is 8.06. The molecule has 5 aliphatic rings. The number of piperidine rings is 2. The molecule has 0 spiro atoms. The number of hydrogen-bond donors (Lipinski definition) is 4. The molecule has 4 fully saturated rings. The quantitative estimate of drug-likeness (QED) is 0.176. The third-order valence-electron chi connectivity index (χ3n) is 13.1. The van der Waals surface area contributed by atoms with Gasteiger partial charge in [-0.3, -0.25) is 34.8 Å². The summed E-state index contributed by atoms with van der Waals surface area (Å²) in [6.45, 7) is 4.44. The number of alkyl halides is 2. The van der Waals surface area contributed by atoms with Gasteiger partial charge in [0.1, 0.15) is 17.5 Å². The Labute approximate surface area is 370 Å². The number of fused-ring (bicyclic) bond motifs is 1. The van der Waals surface area contributed by atoms with Gasteiger partial charge in [0.15, 0.2) is 17.4 Å². The summed E-state index contributed by atoms with van der Waals surface area (Å²) in [4.78, 5) is 65.8. The normalized spacial score (nSPS) is 21.3. The first-order chi connectivity index (χ1) is 30.8. The van der Waals surface area contributed by atoms with E-state index >= 15 is 13.2 Å². The summed E-state index contributed by atoms with van der Waals surface area (Å²) in [5.74, 6) is -5.12. The van der Waals surface area contributed by atoms with Gasteiger partial charge in [-0.2, -0.15) is 13.8 Å². The van der Waals surface area contributed by atoms with Crippen molar-refractivity contribution in [3.05, 3.63) is 47.9 Å². The monoisotopic (exact) mass is 891 g/mol. The lowest BCUT2D eigenvalue weighted by Gasteiger charge is -2.38. The highest BCUT2D eigenvalue weighted by atomic mass is 19.3. The molecule has 8 rings (SSSR count). The van der Waals surface area contributed by atoms with Crippen LogP contribution in [0, 0.1) is 11.7 Å². The molecule has 64 heavy (non-hydrogen) atoms. The number of anilines is 6. The van der Waals surface area contributed by atoms with Crippen molar-refractivity contribution in [1.82, 2.24) is 30.6 Å². The maximum atomic E-state index is 15.7. The van der Waals surface area contributed by atoms with E-state index < -0.39 is 36.1 Å². The Bertz CT molecular complexity index is 2230. The van der Waals surface area contributed by atoms with E-state index in [1.807, 2.05) is 9.91 Å². The number of piperazine rings is 1. The van der Waals surface area contributed by atoms with E-state index in [9.17, 15) is 19.2 Å². The summed E-state index contributed by atoms with van der Waals surface area (Å²) < 4.78 is 56.9. The molecule has 1 atom stereocenters. The minimum atomic E-state index is -3.58. The lowest BCUT2D eigenvalue weighted by molar-refractivity contribution is -0.140. The second kappa shape index (κ2) is 19.1. The van der Waals surface area contributed by atoms with E-state index in [0.717, 1.165) is 69.5 Å². The number of rotatable bonds is 13. The van der Waals surface area contributed by atoms with Gasteiger partial charge in [0.25, 0.3) is 11.8 Å². The Morgan fingerprint density at radius 2 is 1.66 bits per heavy atom. The van der Waals surface area contributed by atoms with Gasteiger partial charge in [-0.1, -0.05) is 12.8 Å². The third kappa shape index (κ3) is 9.62. The number of halogens is 3. The highest BCUT2D eigenvalue weighted by Gasteiger charge is 2.49. The molecule has 3 aromatic rings. The molecule has 1 aromatic heterocycles. The predicted octanol–water partition coefficient (Wildman–Crippen LogP) is 4.52. The molecule has 4 aliphatic heterocycles. The van der Waals surface area contributed by atoms with Crippen molar-refractivity contribution in [3.8, 4) is 11.5 Å². The van der Waals surface area contributed by atoms with Crippen LogP contribution >= 0.6 is 0 Å². The number of amides is 4. The first kappa shape index (κ1) is 44.7. The van der Waals surface area contributed by atoms with Crippen molar-refractivity contribution < 1.29 is 41.8 Å². The zero-order chi connectivity index (χ0) is 45.1. The number of hydrogen-bond acceptors (Lipinski definition) is 14. The van der Waals surface area contributed by atoms with E-state index in [1.165, 1.54) is 27.5 Å². The van der Waals surface area contributed by atoms with E-state index in [1.54, 1.807) is 35.2 Å². The maximum absolute atomic E-state index is 15.7. The van der Waals surface area contributed by atoms with Crippen molar-refractivity contribution in [2.75, 3.05) is 99.0 Å². The minimum Gasteiger partial charge on any atom is -0.495 e. The van der Waals surface area contributed by atoms with Crippen molar-refractivity contribution in [1.29, 1.82) is 0 Å². The second-order valence-electron chi connectivity index (χ2n) is 17.2. The molecule has 4 amide bonds. The van der Waals surface area contributed by atoms with Gasteiger partial charge in [0.05, 0.1) is 44.0 Å². The summed E-state index contributed by atoms with van der Waals surface area (Å²) >= 11 is 0. The van der Waals surface area contributed by atoms with Crippen molar-refractivity contribution in [3.63, 3.8) is 0 Å². The predicted molar refractivity (Wildman–Crippen MR) is 234 cm³/mol. The van der Waals surface area contributed by atoms with Crippen LogP contribution in [0.25, 0.3) is 0 Å². The van der Waals surface area contributed by atoms with Crippen molar-refractivity contribution >= 4 is 58.1 Å². The second-order valence-corrected chi connectivity index (χ2v) is 17.2. The molecular formula is C44H56F3N11O6. The number of carbonyl (C=O) groups is 4. The van der Waals surface area contributed by atoms with Crippen LogP contribution in [-0.2, 0) is 14.4 Å². The molecule has 2 aromatic carbocycles. The zero-order valence-electron chi connectivity index (χ0n) is 36.4. The Morgan fingerprint density at radius 1 is 0.922 bits per heavy atom. The Hall–Kier alpha value is -5.89. The molecule has 3 saturated heterocycles. The third-order valence-corrected chi connectivity index (χ3v) is 13.1. The molecule has 1 saturated carbocycles. The smallest absolute Gasteiger partial charge is 0.342 e. The average Bonchev–Trinajstić information content (AvgIpc) is 3.82. The van der Waals surface area contributed by atoms with Crippen molar-refractivity contribution in [2.45, 2.75) is 75.8 Å². The fraction of sp³-hybridized carbons (Fsp3) is 0.545. The number of benzene rings is 2. The van der Waals surface area contributed by atoms with Gasteiger partial charge in [-0.05, 0) is 81.3 Å². The molecular weight excluding hydrogens is 836 g/mol. The average molecular weight is 892 g/mol. The summed E-state index contributed by atoms with van der Waals surface area (Å²) in [6, 6.07) is 7.55. The number of hydrazine groups is 1. The molecule has 0 bridgehead atoms. The highest BCUT2D eigenvalue weighted by molar-refractivity contribution is 6.02. The van der Waals surface area contributed by atoms with Gasteiger partial charge in [-0.15, -0.1) is 0 Å². The molecule has 20 heteroatoms. The van der Waals surface area contributed by atoms with Gasteiger partial charge in [0, 0.05) is 64.3 Å². The largest absolute Gasteiger partial charge is 0.495 e. The number of imide groups is 1. The first-order valence-corrected chi connectivity index (χ1v) is 22.1. The number of carbonyl (C=O) groups excluding carboxylic acids is 4. The van der Waals surface area contributed by atoms with Crippen LogP contribution in [-0.4, -0.2) is 135 Å². The van der Waals surface area contributed by atoms with Gasteiger partial charge in [0.2, 0.25) is 17.8 Å². The van der Waals surface area contributed by atoms with Crippen LogP contribution in [0.2, 0.25) is 0 Å². The molecule has 1 aliphatic carbocycles. The Balaban J connectivity index is 0.801. The molecule has 1 unspecified atom stereocenters. The topological polar surface area (TPSA) is 177 Å². The van der Waals surface area contributed by atoms with Crippen molar-refractivity contribution in [2.24, 2.45) is 5.92 Å². The van der Waals surface area contributed by atoms with E-state index in [-0.39, 0.29) is 47.5 Å². The molecule has 344 valence electrons. The molecule has 0 radical (unpaired) electrons. The van der Waals surface area contributed by atoms with Crippen LogP contribution in [0.15, 0.2) is 36.5 Å². The fourth-order valence-electron chi connectivity index (χ4n) is 9.40.